The Hall–Kier alpha value is -1.19. The van der Waals surface area contributed by atoms with Crippen LogP contribution in [0, 0.1) is 0 Å². The third kappa shape index (κ3) is 2.49. The molecule has 0 fully saturated rings. The number of allylic oxidation sites excluding steroid dienone is 4. The van der Waals surface area contributed by atoms with E-state index in [2.05, 4.69) is 6.08 Å². The average molecular weight is 234 g/mol. The van der Waals surface area contributed by atoms with E-state index in [0.29, 0.717) is 11.3 Å². The van der Waals surface area contributed by atoms with Crippen molar-refractivity contribution in [2.45, 2.75) is 19.3 Å². The molecule has 3 heteroatoms. The van der Waals surface area contributed by atoms with Gasteiger partial charge in [-0.25, -0.2) is 4.21 Å². The molecule has 0 bridgehead atoms. The summed E-state index contributed by atoms with van der Waals surface area (Å²) in [6.45, 7) is 0. The van der Waals surface area contributed by atoms with Crippen LogP contribution in [0.1, 0.15) is 24.8 Å². The van der Waals surface area contributed by atoms with Gasteiger partial charge in [0.1, 0.15) is 0 Å². The van der Waals surface area contributed by atoms with Crippen LogP contribution in [0.25, 0.3) is 5.57 Å². The predicted octanol–water partition coefficient (Wildman–Crippen LogP) is 3.36. The summed E-state index contributed by atoms with van der Waals surface area (Å²) in [6.07, 6.45) is 6.64. The van der Waals surface area contributed by atoms with E-state index in [1.807, 2.05) is 36.4 Å². The molecule has 0 saturated carbocycles. The molecule has 84 valence electrons. The summed E-state index contributed by atoms with van der Waals surface area (Å²) in [5, 5.41) is 0. The Bertz CT molecular complexity index is 446. The first-order valence-electron chi connectivity index (χ1n) is 5.35. The van der Waals surface area contributed by atoms with Crippen LogP contribution in [0.4, 0.5) is 0 Å². The van der Waals surface area contributed by atoms with Gasteiger partial charge in [-0.05, 0) is 30.4 Å². The molecule has 0 saturated heterocycles. The fourth-order valence-corrected chi connectivity index (χ4v) is 2.56. The summed E-state index contributed by atoms with van der Waals surface area (Å²) in [5.41, 5.74) is 1.91. The van der Waals surface area contributed by atoms with E-state index in [1.54, 1.807) is 0 Å². The lowest BCUT2D eigenvalue weighted by Gasteiger charge is -2.07. The molecule has 1 aliphatic carbocycles. The van der Waals surface area contributed by atoms with Crippen molar-refractivity contribution < 1.29 is 8.76 Å². The quantitative estimate of drug-likeness (QED) is 0.797. The lowest BCUT2D eigenvalue weighted by Crippen LogP contribution is -1.96. The molecule has 0 aliphatic heterocycles. The first-order chi connectivity index (χ1) is 7.79. The highest BCUT2D eigenvalue weighted by atomic mass is 32.2. The predicted molar refractivity (Wildman–Crippen MR) is 67.1 cm³/mol. The normalized spacial score (nSPS) is 18.3. The van der Waals surface area contributed by atoms with Crippen LogP contribution in [-0.2, 0) is 11.1 Å². The molecule has 2 nitrogen and oxygen atoms in total. The van der Waals surface area contributed by atoms with Gasteiger partial charge < -0.3 is 4.55 Å². The van der Waals surface area contributed by atoms with Crippen molar-refractivity contribution in [2.24, 2.45) is 0 Å². The van der Waals surface area contributed by atoms with Crippen molar-refractivity contribution in [3.05, 3.63) is 53.0 Å². The second kappa shape index (κ2) is 5.23. The molecule has 1 atom stereocenters. The molecule has 1 unspecified atom stereocenters. The van der Waals surface area contributed by atoms with E-state index in [0.717, 1.165) is 24.0 Å². The minimum absolute atomic E-state index is 0.639. The second-order valence-electron chi connectivity index (χ2n) is 3.75. The van der Waals surface area contributed by atoms with Crippen LogP contribution in [-0.4, -0.2) is 8.76 Å². The maximum Gasteiger partial charge on any atom is 0.182 e. The van der Waals surface area contributed by atoms with E-state index < -0.39 is 11.1 Å². The van der Waals surface area contributed by atoms with Gasteiger partial charge in [0.05, 0.1) is 4.91 Å². The molecule has 0 heterocycles. The molecule has 0 spiro atoms. The van der Waals surface area contributed by atoms with Gasteiger partial charge in [0.15, 0.2) is 11.1 Å². The lowest BCUT2D eigenvalue weighted by atomic mass is 10.1. The topological polar surface area (TPSA) is 37.3 Å². The molecular formula is C13H14O2S. The minimum atomic E-state index is -1.87. The highest BCUT2D eigenvalue weighted by Gasteiger charge is 2.13. The smallest absolute Gasteiger partial charge is 0.182 e. The molecule has 0 amide bonds. The van der Waals surface area contributed by atoms with Crippen molar-refractivity contribution in [1.29, 1.82) is 0 Å². The molecule has 1 N–H and O–H groups in total. The Morgan fingerprint density at radius 1 is 1.19 bits per heavy atom. The van der Waals surface area contributed by atoms with Crippen LogP contribution < -0.4 is 0 Å². The van der Waals surface area contributed by atoms with E-state index in [4.69, 9.17) is 0 Å². The van der Waals surface area contributed by atoms with Gasteiger partial charge in [-0.2, -0.15) is 0 Å². The van der Waals surface area contributed by atoms with E-state index in [-0.39, 0.29) is 0 Å². The Labute approximate surface area is 98.0 Å². The highest BCUT2D eigenvalue weighted by molar-refractivity contribution is 7.83. The summed E-state index contributed by atoms with van der Waals surface area (Å²) in [5.74, 6) is 0. The fraction of sp³-hybridized carbons (Fsp3) is 0.231. The summed E-state index contributed by atoms with van der Waals surface area (Å²) < 4.78 is 20.6. The van der Waals surface area contributed by atoms with Gasteiger partial charge in [0.25, 0.3) is 0 Å². The van der Waals surface area contributed by atoms with Crippen molar-refractivity contribution in [2.75, 3.05) is 0 Å². The molecule has 1 aromatic carbocycles. The zero-order valence-corrected chi connectivity index (χ0v) is 9.74. The highest BCUT2D eigenvalue weighted by Crippen LogP contribution is 2.28. The van der Waals surface area contributed by atoms with Crippen LogP contribution in [0.5, 0.6) is 0 Å². The van der Waals surface area contributed by atoms with Gasteiger partial charge in [-0.3, -0.25) is 0 Å². The van der Waals surface area contributed by atoms with Gasteiger partial charge >= 0.3 is 0 Å². The van der Waals surface area contributed by atoms with Crippen LogP contribution in [0.15, 0.2) is 47.4 Å². The monoisotopic (exact) mass is 234 g/mol. The number of rotatable bonds is 2. The third-order valence-corrected chi connectivity index (χ3v) is 3.50. The number of benzene rings is 1. The molecule has 2 rings (SSSR count). The Kier molecular flexibility index (Phi) is 3.70. The molecular weight excluding hydrogens is 220 g/mol. The number of hydrogen-bond donors (Lipinski definition) is 1. The van der Waals surface area contributed by atoms with Crippen LogP contribution >= 0.6 is 0 Å². The van der Waals surface area contributed by atoms with Crippen molar-refractivity contribution in [3.63, 3.8) is 0 Å². The second-order valence-corrected chi connectivity index (χ2v) is 4.74. The third-order valence-electron chi connectivity index (χ3n) is 2.66. The fourth-order valence-electron chi connectivity index (χ4n) is 1.87. The first kappa shape index (κ1) is 11.3. The number of hydrogen-bond acceptors (Lipinski definition) is 1. The van der Waals surface area contributed by atoms with E-state index in [9.17, 15) is 8.76 Å². The Morgan fingerprint density at radius 3 is 2.62 bits per heavy atom. The average Bonchev–Trinajstić information content (AvgIpc) is 2.55. The maximum absolute atomic E-state index is 11.3. The molecule has 16 heavy (non-hydrogen) atoms. The summed E-state index contributed by atoms with van der Waals surface area (Å²) in [4.78, 5) is 0.639. The van der Waals surface area contributed by atoms with Crippen molar-refractivity contribution >= 4 is 16.7 Å². The molecule has 0 aromatic heterocycles. The van der Waals surface area contributed by atoms with E-state index in [1.165, 1.54) is 0 Å². The minimum Gasteiger partial charge on any atom is -0.302 e. The standard InChI is InChI=1S/C13H14O2S/c14-16(15)13-10-6-2-5-9-12(13)11-7-3-1-4-8-11/h1,3-5,7-9H,2,6,10H2,(H,14,15). The summed E-state index contributed by atoms with van der Waals surface area (Å²) >= 11 is -1.87. The van der Waals surface area contributed by atoms with Gasteiger partial charge in [0, 0.05) is 0 Å². The SMILES string of the molecule is O=S(O)C1=C(c2ccccc2)C=CCCC1. The van der Waals surface area contributed by atoms with Crippen molar-refractivity contribution in [1.82, 2.24) is 0 Å². The van der Waals surface area contributed by atoms with Gasteiger partial charge in [-0.1, -0.05) is 42.5 Å². The van der Waals surface area contributed by atoms with Crippen LogP contribution in [0.2, 0.25) is 0 Å². The Morgan fingerprint density at radius 2 is 1.94 bits per heavy atom. The molecule has 1 aromatic rings. The zero-order chi connectivity index (χ0) is 11.4. The molecule has 1 aliphatic rings. The zero-order valence-electron chi connectivity index (χ0n) is 8.93. The summed E-state index contributed by atoms with van der Waals surface area (Å²) in [6, 6.07) is 9.77. The Balaban J connectivity index is 2.51. The van der Waals surface area contributed by atoms with Crippen LogP contribution in [0.3, 0.4) is 0 Å². The van der Waals surface area contributed by atoms with Crippen molar-refractivity contribution in [3.8, 4) is 0 Å². The van der Waals surface area contributed by atoms with Gasteiger partial charge in [-0.15, -0.1) is 0 Å². The van der Waals surface area contributed by atoms with E-state index >= 15 is 0 Å². The molecule has 0 radical (unpaired) electrons. The lowest BCUT2D eigenvalue weighted by molar-refractivity contribution is 0.568. The van der Waals surface area contributed by atoms with Gasteiger partial charge in [0.2, 0.25) is 0 Å². The summed E-state index contributed by atoms with van der Waals surface area (Å²) in [7, 11) is 0. The maximum atomic E-state index is 11.3. The first-order valence-corrected chi connectivity index (χ1v) is 6.45. The largest absolute Gasteiger partial charge is 0.302 e.